The molecule has 0 aliphatic rings. The van der Waals surface area contributed by atoms with Gasteiger partial charge >= 0.3 is 0 Å². The maximum absolute atomic E-state index is 12.5. The molecular weight excluding hydrogens is 366 g/mol. The Kier molecular flexibility index (Phi) is 6.32. The van der Waals surface area contributed by atoms with Crippen LogP contribution < -0.4 is 10.6 Å². The minimum atomic E-state index is -0.312. The number of aromatic nitrogens is 1. The number of carbonyl (C=O) groups is 2. The Balaban J connectivity index is 1.49. The molecule has 0 bridgehead atoms. The van der Waals surface area contributed by atoms with Gasteiger partial charge in [0.05, 0.1) is 23.3 Å². The number of hydrogen-bond acceptors (Lipinski definition) is 6. The average Bonchev–Trinajstić information content (AvgIpc) is 3.35. The lowest BCUT2D eigenvalue weighted by atomic mass is 10.2. The first-order chi connectivity index (χ1) is 13.1. The van der Waals surface area contributed by atoms with Gasteiger partial charge in [-0.15, -0.1) is 11.8 Å². The molecule has 0 aliphatic carbocycles. The summed E-state index contributed by atoms with van der Waals surface area (Å²) < 4.78 is 10.2. The van der Waals surface area contributed by atoms with E-state index < -0.39 is 0 Å². The van der Waals surface area contributed by atoms with Crippen molar-refractivity contribution in [2.75, 3.05) is 13.1 Å². The SMILES string of the molecule is Cc1cc(CSc2ccccc2C(=O)NCCNC(=O)c2ccco2)on1. The summed E-state index contributed by atoms with van der Waals surface area (Å²) in [5, 5.41) is 9.35. The molecule has 27 heavy (non-hydrogen) atoms. The predicted octanol–water partition coefficient (Wildman–Crippen LogP) is 3.03. The first-order valence-electron chi connectivity index (χ1n) is 8.37. The number of amides is 2. The first-order valence-corrected chi connectivity index (χ1v) is 9.36. The summed E-state index contributed by atoms with van der Waals surface area (Å²) in [6.45, 7) is 2.48. The maximum atomic E-state index is 12.5. The molecule has 0 fully saturated rings. The molecule has 140 valence electrons. The molecule has 2 N–H and O–H groups in total. The topological polar surface area (TPSA) is 97.4 Å². The molecule has 8 heteroatoms. The number of thioether (sulfide) groups is 1. The lowest BCUT2D eigenvalue weighted by molar-refractivity contribution is 0.0910. The summed E-state index contributed by atoms with van der Waals surface area (Å²) in [7, 11) is 0. The molecule has 0 saturated heterocycles. The van der Waals surface area contributed by atoms with Crippen LogP contribution in [0, 0.1) is 6.92 Å². The van der Waals surface area contributed by atoms with E-state index in [-0.39, 0.29) is 17.6 Å². The van der Waals surface area contributed by atoms with Gasteiger partial charge in [-0.05, 0) is 31.2 Å². The van der Waals surface area contributed by atoms with E-state index in [1.54, 1.807) is 18.2 Å². The molecular formula is C19H19N3O4S. The third kappa shape index (κ3) is 5.24. The standard InChI is InChI=1S/C19H19N3O4S/c1-13-11-14(26-22-13)12-27-17-7-3-2-5-15(17)18(23)20-8-9-21-19(24)16-6-4-10-25-16/h2-7,10-11H,8-9,12H2,1H3,(H,20,23)(H,21,24). The van der Waals surface area contributed by atoms with E-state index >= 15 is 0 Å². The average molecular weight is 385 g/mol. The summed E-state index contributed by atoms with van der Waals surface area (Å²) in [5.41, 5.74) is 1.41. The van der Waals surface area contributed by atoms with Crippen LogP contribution in [0.25, 0.3) is 0 Å². The third-order valence-corrected chi connectivity index (χ3v) is 4.72. The van der Waals surface area contributed by atoms with Crippen molar-refractivity contribution in [3.05, 3.63) is 71.5 Å². The summed E-state index contributed by atoms with van der Waals surface area (Å²) in [4.78, 5) is 25.1. The van der Waals surface area contributed by atoms with Crippen molar-refractivity contribution in [3.8, 4) is 0 Å². The molecule has 0 aliphatic heterocycles. The molecule has 2 aromatic heterocycles. The molecule has 3 aromatic rings. The first kappa shape index (κ1) is 18.8. The number of nitrogens with one attached hydrogen (secondary N) is 2. The van der Waals surface area contributed by atoms with Gasteiger partial charge in [0.1, 0.15) is 5.76 Å². The van der Waals surface area contributed by atoms with Gasteiger partial charge in [0.15, 0.2) is 5.76 Å². The zero-order chi connectivity index (χ0) is 19.1. The molecule has 0 unspecified atom stereocenters. The van der Waals surface area contributed by atoms with Crippen LogP contribution in [0.1, 0.15) is 32.4 Å². The highest BCUT2D eigenvalue weighted by Crippen LogP contribution is 2.26. The van der Waals surface area contributed by atoms with Crippen LogP contribution in [-0.4, -0.2) is 30.1 Å². The van der Waals surface area contributed by atoms with Gasteiger partial charge in [-0.2, -0.15) is 0 Å². The number of benzene rings is 1. The Morgan fingerprint density at radius 2 is 1.85 bits per heavy atom. The Hall–Kier alpha value is -3.00. The van der Waals surface area contributed by atoms with E-state index in [1.165, 1.54) is 18.0 Å². The smallest absolute Gasteiger partial charge is 0.287 e. The Labute approximate surface area is 160 Å². The lowest BCUT2D eigenvalue weighted by Crippen LogP contribution is -2.34. The number of rotatable bonds is 8. The normalized spacial score (nSPS) is 10.6. The van der Waals surface area contributed by atoms with Crippen LogP contribution in [0.15, 0.2) is 62.6 Å². The molecule has 2 amide bonds. The highest BCUT2D eigenvalue weighted by atomic mass is 32.2. The molecule has 7 nitrogen and oxygen atoms in total. The van der Waals surface area contributed by atoms with Gasteiger partial charge in [0, 0.05) is 24.1 Å². The molecule has 0 radical (unpaired) electrons. The van der Waals surface area contributed by atoms with Crippen LogP contribution >= 0.6 is 11.8 Å². The van der Waals surface area contributed by atoms with Crippen molar-refractivity contribution in [1.29, 1.82) is 0 Å². The number of furan rings is 1. The van der Waals surface area contributed by atoms with Crippen LogP contribution in [0.4, 0.5) is 0 Å². The Bertz CT molecular complexity index is 905. The van der Waals surface area contributed by atoms with Gasteiger partial charge in [-0.3, -0.25) is 9.59 Å². The zero-order valence-corrected chi connectivity index (χ0v) is 15.5. The van der Waals surface area contributed by atoms with E-state index in [2.05, 4.69) is 15.8 Å². The minimum Gasteiger partial charge on any atom is -0.459 e. The fourth-order valence-corrected chi connectivity index (χ4v) is 3.28. The second-order valence-corrected chi connectivity index (χ2v) is 6.73. The van der Waals surface area contributed by atoms with E-state index in [0.29, 0.717) is 24.4 Å². The quantitative estimate of drug-likeness (QED) is 0.457. The molecule has 2 heterocycles. The van der Waals surface area contributed by atoms with Gasteiger partial charge in [-0.25, -0.2) is 0 Å². The highest BCUT2D eigenvalue weighted by Gasteiger charge is 2.13. The van der Waals surface area contributed by atoms with Crippen LogP contribution in [0.3, 0.4) is 0 Å². The largest absolute Gasteiger partial charge is 0.459 e. The van der Waals surface area contributed by atoms with Crippen molar-refractivity contribution in [2.24, 2.45) is 0 Å². The van der Waals surface area contributed by atoms with Gasteiger partial charge in [0.25, 0.3) is 11.8 Å². The fourth-order valence-electron chi connectivity index (χ4n) is 2.36. The minimum absolute atomic E-state index is 0.195. The van der Waals surface area contributed by atoms with Crippen molar-refractivity contribution in [1.82, 2.24) is 15.8 Å². The summed E-state index contributed by atoms with van der Waals surface area (Å²) in [5.74, 6) is 1.08. The second kappa shape index (κ2) is 9.09. The van der Waals surface area contributed by atoms with Crippen molar-refractivity contribution >= 4 is 23.6 Å². The number of carbonyl (C=O) groups excluding carboxylic acids is 2. The summed E-state index contributed by atoms with van der Waals surface area (Å²) in [6.07, 6.45) is 1.44. The van der Waals surface area contributed by atoms with Crippen molar-refractivity contribution < 1.29 is 18.5 Å². The molecule has 0 atom stereocenters. The third-order valence-electron chi connectivity index (χ3n) is 3.62. The van der Waals surface area contributed by atoms with E-state index in [1.807, 2.05) is 31.2 Å². The van der Waals surface area contributed by atoms with Gasteiger partial charge < -0.3 is 19.6 Å². The predicted molar refractivity (Wildman–Crippen MR) is 101 cm³/mol. The van der Waals surface area contributed by atoms with Crippen LogP contribution in [0.2, 0.25) is 0 Å². The van der Waals surface area contributed by atoms with Crippen LogP contribution in [0.5, 0.6) is 0 Å². The van der Waals surface area contributed by atoms with E-state index in [9.17, 15) is 9.59 Å². The lowest BCUT2D eigenvalue weighted by Gasteiger charge is -2.09. The molecule has 1 aromatic carbocycles. The zero-order valence-electron chi connectivity index (χ0n) is 14.7. The Morgan fingerprint density at radius 1 is 1.07 bits per heavy atom. The fraction of sp³-hybridized carbons (Fsp3) is 0.211. The molecule has 0 spiro atoms. The number of hydrogen-bond donors (Lipinski definition) is 2. The van der Waals surface area contributed by atoms with E-state index in [4.69, 9.17) is 8.94 Å². The van der Waals surface area contributed by atoms with Crippen molar-refractivity contribution in [3.63, 3.8) is 0 Å². The summed E-state index contributed by atoms with van der Waals surface area (Å²) in [6, 6.07) is 12.5. The van der Waals surface area contributed by atoms with Crippen molar-refractivity contribution in [2.45, 2.75) is 17.6 Å². The second-order valence-electron chi connectivity index (χ2n) is 5.71. The number of nitrogens with zero attached hydrogens (tertiary/aromatic N) is 1. The van der Waals surface area contributed by atoms with Crippen LogP contribution in [-0.2, 0) is 5.75 Å². The molecule has 3 rings (SSSR count). The Morgan fingerprint density at radius 3 is 2.56 bits per heavy atom. The van der Waals surface area contributed by atoms with E-state index in [0.717, 1.165) is 16.3 Å². The maximum Gasteiger partial charge on any atom is 0.287 e. The van der Waals surface area contributed by atoms with Gasteiger partial charge in [0.2, 0.25) is 0 Å². The molecule has 0 saturated carbocycles. The number of aryl methyl sites for hydroxylation is 1. The monoisotopic (exact) mass is 385 g/mol. The highest BCUT2D eigenvalue weighted by molar-refractivity contribution is 7.98. The summed E-state index contributed by atoms with van der Waals surface area (Å²) >= 11 is 1.51. The van der Waals surface area contributed by atoms with Gasteiger partial charge in [-0.1, -0.05) is 17.3 Å².